The predicted octanol–water partition coefficient (Wildman–Crippen LogP) is 3.07. The summed E-state index contributed by atoms with van der Waals surface area (Å²) >= 11 is 0. The summed E-state index contributed by atoms with van der Waals surface area (Å²) in [5, 5.41) is 10.6. The first-order valence-electron chi connectivity index (χ1n) is 10.3. The fourth-order valence-corrected chi connectivity index (χ4v) is 2.65. The third kappa shape index (κ3) is 9.58. The number of hydrogen-bond donors (Lipinski definition) is 2. The molecule has 0 aliphatic carbocycles. The van der Waals surface area contributed by atoms with Gasteiger partial charge in [0, 0.05) is 46.0 Å². The molecule has 2 rings (SSSR count). The summed E-state index contributed by atoms with van der Waals surface area (Å²) in [6.45, 7) is 6.31. The molecule has 0 spiro atoms. The summed E-state index contributed by atoms with van der Waals surface area (Å²) in [7, 11) is 5.52. The van der Waals surface area contributed by atoms with E-state index in [9.17, 15) is 4.79 Å². The molecule has 1 heterocycles. The molecular weight excluding hydrogens is 507 g/mol. The Morgan fingerprint density at radius 2 is 1.87 bits per heavy atom. The Labute approximate surface area is 202 Å². The van der Waals surface area contributed by atoms with Crippen molar-refractivity contribution in [3.63, 3.8) is 0 Å². The first kappa shape index (κ1) is 26.7. The monoisotopic (exact) mass is 542 g/mol. The van der Waals surface area contributed by atoms with Crippen LogP contribution in [0.4, 0.5) is 5.69 Å². The second-order valence-electron chi connectivity index (χ2n) is 7.72. The zero-order chi connectivity index (χ0) is 21.9. The lowest BCUT2D eigenvalue weighted by Gasteiger charge is -2.19. The molecule has 1 amide bonds. The van der Waals surface area contributed by atoms with Gasteiger partial charge in [-0.05, 0) is 24.5 Å². The maximum atomic E-state index is 11.9. The zero-order valence-electron chi connectivity index (χ0n) is 19.1. The molecule has 9 heteroatoms. The van der Waals surface area contributed by atoms with Crippen molar-refractivity contribution in [3.05, 3.63) is 47.9 Å². The van der Waals surface area contributed by atoms with E-state index in [1.54, 1.807) is 14.1 Å². The van der Waals surface area contributed by atoms with E-state index in [1.807, 2.05) is 24.3 Å². The fourth-order valence-electron chi connectivity index (χ4n) is 2.65. The number of aliphatic imine (C=N–C) groups is 1. The van der Waals surface area contributed by atoms with Gasteiger partial charge in [0.1, 0.15) is 6.54 Å². The van der Waals surface area contributed by atoms with Crippen molar-refractivity contribution >= 4 is 41.5 Å². The van der Waals surface area contributed by atoms with E-state index in [2.05, 4.69) is 58.7 Å². The number of halogens is 1. The Hall–Kier alpha value is -2.30. The van der Waals surface area contributed by atoms with Gasteiger partial charge in [-0.1, -0.05) is 37.2 Å². The van der Waals surface area contributed by atoms with Gasteiger partial charge in [0.15, 0.2) is 11.7 Å². The van der Waals surface area contributed by atoms with E-state index < -0.39 is 0 Å². The van der Waals surface area contributed by atoms with Gasteiger partial charge in [0.2, 0.25) is 5.91 Å². The van der Waals surface area contributed by atoms with E-state index in [4.69, 9.17) is 4.52 Å². The van der Waals surface area contributed by atoms with Crippen molar-refractivity contribution in [2.24, 2.45) is 4.99 Å². The molecule has 31 heavy (non-hydrogen) atoms. The summed E-state index contributed by atoms with van der Waals surface area (Å²) in [5.74, 6) is 1.57. The van der Waals surface area contributed by atoms with E-state index in [0.717, 1.165) is 31.0 Å². The summed E-state index contributed by atoms with van der Waals surface area (Å²) < 4.78 is 5.37. The Balaban J connectivity index is 0.00000480. The summed E-state index contributed by atoms with van der Waals surface area (Å²) in [6, 6.07) is 12.2. The van der Waals surface area contributed by atoms with Gasteiger partial charge >= 0.3 is 0 Å². The minimum atomic E-state index is -0.0540. The van der Waals surface area contributed by atoms with Crippen LogP contribution in [0.2, 0.25) is 0 Å². The van der Waals surface area contributed by atoms with Gasteiger partial charge in [-0.15, -0.1) is 24.0 Å². The normalized spacial score (nSPS) is 11.1. The highest BCUT2D eigenvalue weighted by Crippen LogP contribution is 2.13. The number of carbonyl (C=O) groups excluding carboxylic acids is 1. The number of para-hydroxylation sites is 1. The minimum absolute atomic E-state index is 0. The zero-order valence-corrected chi connectivity index (χ0v) is 21.4. The van der Waals surface area contributed by atoms with Crippen molar-refractivity contribution in [1.29, 1.82) is 0 Å². The number of rotatable bonds is 10. The predicted molar refractivity (Wildman–Crippen MR) is 136 cm³/mol. The van der Waals surface area contributed by atoms with Crippen LogP contribution in [-0.4, -0.2) is 62.7 Å². The first-order valence-corrected chi connectivity index (χ1v) is 10.3. The number of nitrogens with zero attached hydrogens (tertiary/aromatic N) is 4. The number of carbonyl (C=O) groups is 1. The lowest BCUT2D eigenvalue weighted by atomic mass is 10.1. The van der Waals surface area contributed by atoms with E-state index in [1.165, 1.54) is 10.6 Å². The minimum Gasteiger partial charge on any atom is -0.375 e. The molecule has 0 radical (unpaired) electrons. The van der Waals surface area contributed by atoms with Crippen molar-refractivity contribution in [2.75, 3.05) is 45.7 Å². The molecule has 0 unspecified atom stereocenters. The molecule has 0 saturated carbocycles. The molecule has 0 atom stereocenters. The molecule has 0 aliphatic rings. The third-order valence-corrected chi connectivity index (χ3v) is 4.63. The van der Waals surface area contributed by atoms with Gasteiger partial charge in [-0.25, -0.2) is 4.99 Å². The number of guanidine groups is 1. The lowest BCUT2D eigenvalue weighted by molar-refractivity contribution is -0.127. The Bertz CT molecular complexity index is 807. The van der Waals surface area contributed by atoms with Crippen molar-refractivity contribution < 1.29 is 9.32 Å². The number of aromatic nitrogens is 1. The van der Waals surface area contributed by atoms with E-state index >= 15 is 0 Å². The van der Waals surface area contributed by atoms with Crippen LogP contribution in [0.25, 0.3) is 0 Å². The number of benzene rings is 1. The molecule has 2 N–H and O–H groups in total. The number of amides is 1. The molecule has 1 aromatic carbocycles. The van der Waals surface area contributed by atoms with Crippen LogP contribution in [0.1, 0.15) is 37.6 Å². The Morgan fingerprint density at radius 3 is 2.48 bits per heavy atom. The second kappa shape index (κ2) is 13.9. The average Bonchev–Trinajstić information content (AvgIpc) is 3.22. The third-order valence-electron chi connectivity index (χ3n) is 4.63. The highest BCUT2D eigenvalue weighted by molar-refractivity contribution is 14.0. The number of nitrogens with one attached hydrogen (secondary N) is 2. The van der Waals surface area contributed by atoms with Crippen molar-refractivity contribution in [2.45, 2.75) is 32.7 Å². The van der Waals surface area contributed by atoms with Crippen molar-refractivity contribution in [3.8, 4) is 0 Å². The van der Waals surface area contributed by atoms with Gasteiger partial charge < -0.3 is 25.0 Å². The van der Waals surface area contributed by atoms with E-state index in [-0.39, 0.29) is 36.4 Å². The Kier molecular flexibility index (Phi) is 12.0. The van der Waals surface area contributed by atoms with Crippen LogP contribution in [-0.2, 0) is 11.3 Å². The fraction of sp³-hybridized carbons (Fsp3) is 0.500. The number of likely N-dealkylation sites (N-methyl/N-ethyl adjacent to an activating group) is 1. The van der Waals surface area contributed by atoms with Crippen LogP contribution in [0, 0.1) is 0 Å². The quantitative estimate of drug-likeness (QED) is 0.208. The lowest BCUT2D eigenvalue weighted by Crippen LogP contribution is -2.39. The summed E-state index contributed by atoms with van der Waals surface area (Å²) in [5.41, 5.74) is 2.11. The van der Waals surface area contributed by atoms with Gasteiger partial charge in [0.25, 0.3) is 0 Å². The summed E-state index contributed by atoms with van der Waals surface area (Å²) in [6.07, 6.45) is 0.924. The van der Waals surface area contributed by atoms with Gasteiger partial charge in [0.05, 0.1) is 12.2 Å². The molecule has 0 saturated heterocycles. The van der Waals surface area contributed by atoms with Crippen molar-refractivity contribution in [1.82, 2.24) is 20.7 Å². The number of hydrogen-bond acceptors (Lipinski definition) is 5. The SMILES string of the molecule is CC(C)c1cc(CNC(=NCC(=O)N(C)C)NCCCN(C)c2ccccc2)on1.I. The first-order chi connectivity index (χ1) is 14.4. The molecule has 0 aliphatic heterocycles. The second-order valence-corrected chi connectivity index (χ2v) is 7.72. The molecule has 0 fully saturated rings. The molecule has 0 bridgehead atoms. The highest BCUT2D eigenvalue weighted by atomic mass is 127. The maximum absolute atomic E-state index is 11.9. The van der Waals surface area contributed by atoms with E-state index in [0.29, 0.717) is 18.4 Å². The maximum Gasteiger partial charge on any atom is 0.243 e. The van der Waals surface area contributed by atoms with Crippen LogP contribution in [0.15, 0.2) is 45.9 Å². The topological polar surface area (TPSA) is 86.0 Å². The van der Waals surface area contributed by atoms with Gasteiger partial charge in [-0.3, -0.25) is 4.79 Å². The van der Waals surface area contributed by atoms with Gasteiger partial charge in [-0.2, -0.15) is 0 Å². The standard InChI is InChI=1S/C22H34N6O2.HI/c1-17(2)20-14-19(30-26-20)15-24-22(25-16-21(29)27(3)4)23-12-9-13-28(5)18-10-7-6-8-11-18;/h6-8,10-11,14,17H,9,12-13,15-16H2,1-5H3,(H2,23,24,25);1H. The molecule has 172 valence electrons. The van der Waals surface area contributed by atoms with Crippen LogP contribution < -0.4 is 15.5 Å². The average molecular weight is 542 g/mol. The van der Waals surface area contributed by atoms with Crippen LogP contribution >= 0.6 is 24.0 Å². The molecule has 8 nitrogen and oxygen atoms in total. The number of anilines is 1. The van der Waals surface area contributed by atoms with Crippen LogP contribution in [0.5, 0.6) is 0 Å². The smallest absolute Gasteiger partial charge is 0.243 e. The summed E-state index contributed by atoms with van der Waals surface area (Å²) in [4.78, 5) is 20.0. The molecular formula is C22H35IN6O2. The largest absolute Gasteiger partial charge is 0.375 e. The Morgan fingerprint density at radius 1 is 1.16 bits per heavy atom. The molecule has 2 aromatic rings. The highest BCUT2D eigenvalue weighted by Gasteiger charge is 2.09. The van der Waals surface area contributed by atoms with Crippen LogP contribution in [0.3, 0.4) is 0 Å². The molecule has 1 aromatic heterocycles.